The molecular weight excluding hydrogens is 302 g/mol. The normalized spacial score (nSPS) is 10.7. The zero-order valence-electron chi connectivity index (χ0n) is 11.4. The number of hydrogen-bond acceptors (Lipinski definition) is 3. The van der Waals surface area contributed by atoms with Crippen LogP contribution in [0.4, 0.5) is 0 Å². The maximum absolute atomic E-state index is 4.57. The monoisotopic (exact) mass is 319 g/mol. The predicted molar refractivity (Wildman–Crippen MR) is 81.0 cm³/mol. The van der Waals surface area contributed by atoms with E-state index in [0.29, 0.717) is 0 Å². The topological polar surface area (TPSA) is 38.7 Å². The van der Waals surface area contributed by atoms with Crippen LogP contribution in [0.15, 0.2) is 28.7 Å². The third kappa shape index (κ3) is 3.83. The van der Waals surface area contributed by atoms with Crippen LogP contribution in [0, 0.1) is 0 Å². The van der Waals surface area contributed by atoms with Gasteiger partial charge in [-0.05, 0) is 25.0 Å². The van der Waals surface area contributed by atoms with Crippen LogP contribution in [0.5, 0.6) is 0 Å². The van der Waals surface area contributed by atoms with Gasteiger partial charge >= 0.3 is 0 Å². The standard InChI is InChI=1S/C15H18BrN3/c1-3-5-13-17-14(6-4-2)19-15(18-13)11-7-9-12(16)10-8-11/h7-10H,3-6H2,1-2H3. The Morgan fingerprint density at radius 1 is 0.842 bits per heavy atom. The van der Waals surface area contributed by atoms with Crippen molar-refractivity contribution >= 4 is 15.9 Å². The highest BCUT2D eigenvalue weighted by molar-refractivity contribution is 9.10. The predicted octanol–water partition coefficient (Wildman–Crippen LogP) is 4.21. The summed E-state index contributed by atoms with van der Waals surface area (Å²) in [6, 6.07) is 8.09. The van der Waals surface area contributed by atoms with E-state index >= 15 is 0 Å². The Labute approximate surface area is 122 Å². The number of benzene rings is 1. The molecular formula is C15H18BrN3. The zero-order chi connectivity index (χ0) is 13.7. The minimum atomic E-state index is 0.786. The maximum atomic E-state index is 4.57. The van der Waals surface area contributed by atoms with E-state index in [9.17, 15) is 0 Å². The van der Waals surface area contributed by atoms with Crippen molar-refractivity contribution in [2.45, 2.75) is 39.5 Å². The quantitative estimate of drug-likeness (QED) is 0.828. The summed E-state index contributed by atoms with van der Waals surface area (Å²) in [4.78, 5) is 13.7. The Morgan fingerprint density at radius 2 is 1.37 bits per heavy atom. The average Bonchev–Trinajstić information content (AvgIpc) is 2.40. The summed E-state index contributed by atoms with van der Waals surface area (Å²) >= 11 is 3.44. The van der Waals surface area contributed by atoms with Gasteiger partial charge in [0, 0.05) is 22.9 Å². The van der Waals surface area contributed by atoms with E-state index in [0.717, 1.165) is 53.2 Å². The summed E-state index contributed by atoms with van der Waals surface area (Å²) < 4.78 is 1.06. The lowest BCUT2D eigenvalue weighted by Crippen LogP contribution is -2.05. The van der Waals surface area contributed by atoms with E-state index in [2.05, 4.69) is 44.7 Å². The van der Waals surface area contributed by atoms with Gasteiger partial charge in [0.05, 0.1) is 0 Å². The second-order valence-electron chi connectivity index (χ2n) is 4.50. The average molecular weight is 320 g/mol. The Hall–Kier alpha value is -1.29. The molecule has 2 aromatic rings. The minimum Gasteiger partial charge on any atom is -0.218 e. The fraction of sp³-hybridized carbons (Fsp3) is 0.400. The van der Waals surface area contributed by atoms with Crippen molar-refractivity contribution in [1.82, 2.24) is 15.0 Å². The van der Waals surface area contributed by atoms with Crippen molar-refractivity contribution in [1.29, 1.82) is 0 Å². The third-order valence-corrected chi connectivity index (χ3v) is 3.31. The van der Waals surface area contributed by atoms with Crippen molar-refractivity contribution in [3.8, 4) is 11.4 Å². The molecule has 0 saturated heterocycles. The van der Waals surface area contributed by atoms with Crippen LogP contribution in [0.25, 0.3) is 11.4 Å². The molecule has 1 aromatic heterocycles. The molecule has 0 amide bonds. The SMILES string of the molecule is CCCc1nc(CCC)nc(-c2ccc(Br)cc2)n1. The molecule has 0 aliphatic rings. The molecule has 4 heteroatoms. The van der Waals surface area contributed by atoms with Crippen LogP contribution in [0.3, 0.4) is 0 Å². The van der Waals surface area contributed by atoms with Crippen LogP contribution in [0.1, 0.15) is 38.3 Å². The molecule has 3 nitrogen and oxygen atoms in total. The second kappa shape index (κ2) is 6.75. The smallest absolute Gasteiger partial charge is 0.163 e. The van der Waals surface area contributed by atoms with Crippen molar-refractivity contribution in [3.05, 3.63) is 40.4 Å². The highest BCUT2D eigenvalue weighted by Gasteiger charge is 2.07. The summed E-state index contributed by atoms with van der Waals surface area (Å²) in [5.74, 6) is 2.59. The van der Waals surface area contributed by atoms with Crippen LogP contribution < -0.4 is 0 Å². The van der Waals surface area contributed by atoms with Gasteiger partial charge in [-0.1, -0.05) is 41.9 Å². The van der Waals surface area contributed by atoms with Gasteiger partial charge in [0.15, 0.2) is 5.82 Å². The Morgan fingerprint density at radius 3 is 1.84 bits per heavy atom. The van der Waals surface area contributed by atoms with Gasteiger partial charge in [-0.3, -0.25) is 0 Å². The Bertz CT molecular complexity index is 513. The first kappa shape index (κ1) is 14.1. The summed E-state index contributed by atoms with van der Waals surface area (Å²) in [5.41, 5.74) is 1.04. The van der Waals surface area contributed by atoms with Crippen molar-refractivity contribution in [2.75, 3.05) is 0 Å². The maximum Gasteiger partial charge on any atom is 0.163 e. The lowest BCUT2D eigenvalue weighted by atomic mass is 10.2. The fourth-order valence-corrected chi connectivity index (χ4v) is 2.13. The van der Waals surface area contributed by atoms with Gasteiger partial charge in [-0.15, -0.1) is 0 Å². The molecule has 0 aliphatic heterocycles. The summed E-state index contributed by atoms with van der Waals surface area (Å²) in [7, 11) is 0. The zero-order valence-corrected chi connectivity index (χ0v) is 12.9. The van der Waals surface area contributed by atoms with Crippen molar-refractivity contribution in [3.63, 3.8) is 0 Å². The number of rotatable bonds is 5. The lowest BCUT2D eigenvalue weighted by Gasteiger charge is -2.06. The molecule has 0 fully saturated rings. The Kier molecular flexibility index (Phi) is 5.02. The first-order valence-corrected chi connectivity index (χ1v) is 7.52. The van der Waals surface area contributed by atoms with Gasteiger partial charge in [0.1, 0.15) is 11.6 Å². The highest BCUT2D eigenvalue weighted by atomic mass is 79.9. The highest BCUT2D eigenvalue weighted by Crippen LogP contribution is 2.19. The van der Waals surface area contributed by atoms with Crippen molar-refractivity contribution < 1.29 is 0 Å². The van der Waals surface area contributed by atoms with Gasteiger partial charge in [-0.2, -0.15) is 0 Å². The molecule has 0 N–H and O–H groups in total. The van der Waals surface area contributed by atoms with E-state index in [4.69, 9.17) is 0 Å². The fourth-order valence-electron chi connectivity index (χ4n) is 1.87. The van der Waals surface area contributed by atoms with Crippen LogP contribution in [-0.4, -0.2) is 15.0 Å². The van der Waals surface area contributed by atoms with Crippen molar-refractivity contribution in [2.24, 2.45) is 0 Å². The molecule has 1 aromatic carbocycles. The third-order valence-electron chi connectivity index (χ3n) is 2.78. The Balaban J connectivity index is 2.40. The molecule has 0 radical (unpaired) electrons. The minimum absolute atomic E-state index is 0.786. The molecule has 0 aliphatic carbocycles. The number of nitrogens with zero attached hydrogens (tertiary/aromatic N) is 3. The van der Waals surface area contributed by atoms with E-state index < -0.39 is 0 Å². The summed E-state index contributed by atoms with van der Waals surface area (Å²) in [6.45, 7) is 4.28. The molecule has 2 rings (SSSR count). The lowest BCUT2D eigenvalue weighted by molar-refractivity contribution is 0.758. The number of aryl methyl sites for hydroxylation is 2. The first-order chi connectivity index (χ1) is 9.22. The van der Waals surface area contributed by atoms with Gasteiger partial charge in [-0.25, -0.2) is 15.0 Å². The van der Waals surface area contributed by atoms with Gasteiger partial charge in [0.25, 0.3) is 0 Å². The van der Waals surface area contributed by atoms with E-state index in [1.807, 2.05) is 24.3 Å². The van der Waals surface area contributed by atoms with Crippen LogP contribution in [-0.2, 0) is 12.8 Å². The number of aromatic nitrogens is 3. The first-order valence-electron chi connectivity index (χ1n) is 6.72. The van der Waals surface area contributed by atoms with E-state index in [1.165, 1.54) is 0 Å². The van der Waals surface area contributed by atoms with Crippen LogP contribution >= 0.6 is 15.9 Å². The number of hydrogen-bond donors (Lipinski definition) is 0. The summed E-state index contributed by atoms with van der Waals surface area (Å²) in [6.07, 6.45) is 3.91. The largest absolute Gasteiger partial charge is 0.218 e. The molecule has 1 heterocycles. The molecule has 0 bridgehead atoms. The van der Waals surface area contributed by atoms with Gasteiger partial charge < -0.3 is 0 Å². The summed E-state index contributed by atoms with van der Waals surface area (Å²) in [5, 5.41) is 0. The molecule has 0 spiro atoms. The molecule has 0 saturated carbocycles. The van der Waals surface area contributed by atoms with Crippen LogP contribution in [0.2, 0.25) is 0 Å². The molecule has 19 heavy (non-hydrogen) atoms. The number of halogens is 1. The van der Waals surface area contributed by atoms with E-state index in [-0.39, 0.29) is 0 Å². The van der Waals surface area contributed by atoms with E-state index in [1.54, 1.807) is 0 Å². The molecule has 0 unspecified atom stereocenters. The second-order valence-corrected chi connectivity index (χ2v) is 5.41. The molecule has 0 atom stereocenters. The van der Waals surface area contributed by atoms with Gasteiger partial charge in [0.2, 0.25) is 0 Å². The molecule has 100 valence electrons.